The van der Waals surface area contributed by atoms with Crippen LogP contribution in [-0.2, 0) is 0 Å². The summed E-state index contributed by atoms with van der Waals surface area (Å²) in [5.41, 5.74) is 0. The summed E-state index contributed by atoms with van der Waals surface area (Å²) < 4.78 is 0. The summed E-state index contributed by atoms with van der Waals surface area (Å²) in [5.74, 6) is 5.47. The van der Waals surface area contributed by atoms with E-state index >= 15 is 0 Å². The number of piperidine rings is 5. The van der Waals surface area contributed by atoms with Gasteiger partial charge in [0.15, 0.2) is 0 Å². The fraction of sp³-hybridized carbons (Fsp3) is 1.00. The van der Waals surface area contributed by atoms with E-state index in [-0.39, 0.29) is 0 Å². The quantitative estimate of drug-likeness (QED) is 0.166. The van der Waals surface area contributed by atoms with Crippen LogP contribution in [0.5, 0.6) is 0 Å². The van der Waals surface area contributed by atoms with Gasteiger partial charge >= 0.3 is 0 Å². The Morgan fingerprint density at radius 2 is 0.985 bits per heavy atom. The van der Waals surface area contributed by atoms with E-state index in [1.807, 2.05) is 0 Å². The lowest BCUT2D eigenvalue weighted by molar-refractivity contribution is 0.0691. The Morgan fingerprint density at radius 1 is 0.508 bits per heavy atom. The van der Waals surface area contributed by atoms with E-state index in [1.54, 1.807) is 0 Å². The van der Waals surface area contributed by atoms with Crippen molar-refractivity contribution < 1.29 is 0 Å². The number of nitrogens with zero attached hydrogens (tertiary/aromatic N) is 5. The molecule has 0 amide bonds. The number of hydrogen-bond donors (Lipinski definition) is 1. The van der Waals surface area contributed by atoms with Gasteiger partial charge in [-0.15, -0.1) is 0 Å². The van der Waals surface area contributed by atoms with Crippen LogP contribution < -0.4 is 5.32 Å². The predicted octanol–water partition coefficient (Wildman–Crippen LogP) is 15.0. The zero-order valence-corrected chi connectivity index (χ0v) is 48.1. The standard InChI is InChI=1S/C11H23N.C10H20N2.C10H21N.2C9H19N.C7H16.C3H8/c1-4-12-9-5-6-11(12)8-7-10(2)3;1-8(2)11-10-7-12-5-3-9(10)4-6-12;1-10(2)6-9-11-7-4-3-5-8-11;1-8(2)10-6-4-9(3)5-7-10;1-9(2)5-8-10-6-3-4-7-10;1-4-5-6-7(2)3;1-3-2/h10-11H,4-9H2,1-3H3;8-11H,3-7H2,1-2H3;10H,3-9H2,1-2H3;8-9H,4-7H2,1-3H3;9H,3-8H2,1-2H3;7H,4-6H2,1-3H3;3H2,1-2H3. The third-order valence-electron chi connectivity index (χ3n) is 14.6. The average Bonchev–Trinajstić information content (AvgIpc) is 3.98. The van der Waals surface area contributed by atoms with Gasteiger partial charge in [-0.3, -0.25) is 0 Å². The first kappa shape index (κ1) is 64.8. The zero-order valence-electron chi connectivity index (χ0n) is 48.1. The summed E-state index contributed by atoms with van der Waals surface area (Å²) in [4.78, 5) is 13.0. The second-order valence-corrected chi connectivity index (χ2v) is 23.8. The lowest BCUT2D eigenvalue weighted by Gasteiger charge is -2.45. The summed E-state index contributed by atoms with van der Waals surface area (Å²) in [6.45, 7) is 55.9. The third-order valence-corrected chi connectivity index (χ3v) is 14.6. The van der Waals surface area contributed by atoms with Crippen LogP contribution >= 0.6 is 0 Å². The Bertz CT molecular complexity index is 967. The van der Waals surface area contributed by atoms with Crippen molar-refractivity contribution in [2.24, 2.45) is 35.5 Å². The van der Waals surface area contributed by atoms with Crippen molar-refractivity contribution in [3.05, 3.63) is 0 Å². The van der Waals surface area contributed by atoms with E-state index in [0.29, 0.717) is 6.04 Å². The Kier molecular flexibility index (Phi) is 41.4. The molecular formula is C59H126N6. The first-order chi connectivity index (χ1) is 30.9. The molecular weight excluding hydrogens is 793 g/mol. The summed E-state index contributed by atoms with van der Waals surface area (Å²) in [5, 5.41) is 3.67. The molecule has 0 aromatic carbocycles. The first-order valence-corrected chi connectivity index (χ1v) is 29.4. The molecule has 7 aliphatic rings. The van der Waals surface area contributed by atoms with Crippen molar-refractivity contribution in [3.8, 4) is 0 Å². The minimum Gasteiger partial charge on any atom is -0.310 e. The lowest BCUT2D eigenvalue weighted by Crippen LogP contribution is -2.57. The average molecular weight is 920 g/mol. The minimum absolute atomic E-state index is 0.649. The Morgan fingerprint density at radius 3 is 1.35 bits per heavy atom. The van der Waals surface area contributed by atoms with Crippen molar-refractivity contribution in [2.45, 2.75) is 264 Å². The van der Waals surface area contributed by atoms with Crippen molar-refractivity contribution >= 4 is 0 Å². The number of fused-ring (bicyclic) bond motifs is 3. The van der Waals surface area contributed by atoms with E-state index in [2.05, 4.69) is 148 Å². The second-order valence-electron chi connectivity index (χ2n) is 23.8. The first-order valence-electron chi connectivity index (χ1n) is 29.4. The SMILES string of the molecule is CC(C)CCN1CCCC1.CC(C)CCN1CCCCC1.CC(C)NC1CN2CCC1CC2.CC1CCN(C(C)C)CC1.CCC.CCCCC(C)C.CCN1CCCC1CCC(C)C. The van der Waals surface area contributed by atoms with Crippen LogP contribution in [0.25, 0.3) is 0 Å². The molecule has 6 nitrogen and oxygen atoms in total. The summed E-state index contributed by atoms with van der Waals surface area (Å²) in [6, 6.07) is 3.10. The number of rotatable bonds is 16. The Balaban J connectivity index is 0.000000752. The maximum absolute atomic E-state index is 3.67. The van der Waals surface area contributed by atoms with Crippen LogP contribution in [0.2, 0.25) is 0 Å². The summed E-state index contributed by atoms with van der Waals surface area (Å²) in [7, 11) is 0. The van der Waals surface area contributed by atoms with Crippen LogP contribution in [0.4, 0.5) is 0 Å². The molecule has 0 aromatic heterocycles. The monoisotopic (exact) mass is 919 g/mol. The highest BCUT2D eigenvalue weighted by Crippen LogP contribution is 2.28. The van der Waals surface area contributed by atoms with Gasteiger partial charge in [0.1, 0.15) is 0 Å². The van der Waals surface area contributed by atoms with Gasteiger partial charge in [-0.2, -0.15) is 0 Å². The maximum Gasteiger partial charge on any atom is 0.0226 e. The molecule has 6 heteroatoms. The molecule has 7 saturated heterocycles. The molecule has 0 radical (unpaired) electrons. The third kappa shape index (κ3) is 36.4. The highest BCUT2D eigenvalue weighted by atomic mass is 15.2. The van der Waals surface area contributed by atoms with Gasteiger partial charge in [0.2, 0.25) is 0 Å². The lowest BCUT2D eigenvalue weighted by atomic mass is 9.84. The van der Waals surface area contributed by atoms with Gasteiger partial charge in [0, 0.05) is 30.7 Å². The predicted molar refractivity (Wildman–Crippen MR) is 296 cm³/mol. The molecule has 2 atom stereocenters. The van der Waals surface area contributed by atoms with E-state index in [0.717, 1.165) is 53.6 Å². The van der Waals surface area contributed by atoms with Crippen molar-refractivity contribution in [2.75, 3.05) is 85.1 Å². The topological polar surface area (TPSA) is 28.2 Å². The highest BCUT2D eigenvalue weighted by Gasteiger charge is 2.34. The molecule has 65 heavy (non-hydrogen) atoms. The van der Waals surface area contributed by atoms with Crippen LogP contribution in [0.3, 0.4) is 0 Å². The molecule has 2 unspecified atom stereocenters. The number of hydrogen-bond acceptors (Lipinski definition) is 6. The van der Waals surface area contributed by atoms with Gasteiger partial charge in [-0.05, 0) is 218 Å². The number of unbranched alkanes of at least 4 members (excludes halogenated alkanes) is 1. The van der Waals surface area contributed by atoms with Crippen molar-refractivity contribution in [3.63, 3.8) is 0 Å². The molecule has 0 spiro atoms. The van der Waals surface area contributed by atoms with E-state index in [4.69, 9.17) is 0 Å². The number of nitrogens with one attached hydrogen (secondary N) is 1. The number of likely N-dealkylation sites (tertiary alicyclic amines) is 4. The summed E-state index contributed by atoms with van der Waals surface area (Å²) in [6.07, 6.45) is 26.7. The molecule has 0 aromatic rings. The van der Waals surface area contributed by atoms with Gasteiger partial charge in [0.25, 0.3) is 0 Å². The Labute approximate surface area is 412 Å². The smallest absolute Gasteiger partial charge is 0.0226 e. The van der Waals surface area contributed by atoms with Crippen LogP contribution in [0.1, 0.15) is 240 Å². The molecule has 7 fully saturated rings. The largest absolute Gasteiger partial charge is 0.310 e. The molecule has 0 aliphatic carbocycles. The maximum atomic E-state index is 3.67. The molecule has 7 aliphatic heterocycles. The van der Waals surface area contributed by atoms with Gasteiger partial charge in [0.05, 0.1) is 0 Å². The second kappa shape index (κ2) is 41.5. The molecule has 1 N–H and O–H groups in total. The minimum atomic E-state index is 0.649. The molecule has 7 rings (SSSR count). The van der Waals surface area contributed by atoms with Crippen LogP contribution in [-0.4, -0.2) is 134 Å². The molecule has 0 saturated carbocycles. The highest BCUT2D eigenvalue weighted by molar-refractivity contribution is 4.91. The fourth-order valence-electron chi connectivity index (χ4n) is 9.97. The van der Waals surface area contributed by atoms with Gasteiger partial charge in [-0.1, -0.05) is 136 Å². The van der Waals surface area contributed by atoms with E-state index in [1.165, 1.54) is 207 Å². The summed E-state index contributed by atoms with van der Waals surface area (Å²) >= 11 is 0. The Hall–Kier alpha value is -0.240. The molecule has 7 heterocycles. The zero-order chi connectivity index (χ0) is 49.0. The normalized spacial score (nSPS) is 24.0. The van der Waals surface area contributed by atoms with Crippen LogP contribution in [0.15, 0.2) is 0 Å². The van der Waals surface area contributed by atoms with Crippen LogP contribution in [0, 0.1) is 35.5 Å². The molecule has 2 bridgehead atoms. The van der Waals surface area contributed by atoms with Crippen molar-refractivity contribution in [1.29, 1.82) is 0 Å². The molecule has 392 valence electrons. The van der Waals surface area contributed by atoms with Gasteiger partial charge in [-0.25, -0.2) is 0 Å². The van der Waals surface area contributed by atoms with E-state index in [9.17, 15) is 0 Å². The van der Waals surface area contributed by atoms with Gasteiger partial charge < -0.3 is 29.8 Å². The fourth-order valence-corrected chi connectivity index (χ4v) is 9.97. The van der Waals surface area contributed by atoms with Crippen molar-refractivity contribution in [1.82, 2.24) is 29.8 Å². The van der Waals surface area contributed by atoms with E-state index < -0.39 is 0 Å².